The first-order chi connectivity index (χ1) is 17.2. The van der Waals surface area contributed by atoms with E-state index in [0.717, 1.165) is 34.2 Å². The van der Waals surface area contributed by atoms with Gasteiger partial charge >= 0.3 is 0 Å². The van der Waals surface area contributed by atoms with Crippen LogP contribution in [0, 0.1) is 6.57 Å². The Hall–Kier alpha value is -3.96. The smallest absolute Gasteiger partial charge is 0.193 e. The normalized spacial score (nSPS) is 10.6. The van der Waals surface area contributed by atoms with Gasteiger partial charge in [-0.15, -0.1) is 0 Å². The van der Waals surface area contributed by atoms with E-state index in [9.17, 15) is 4.79 Å². The Kier molecular flexibility index (Phi) is 8.25. The zero-order valence-electron chi connectivity index (χ0n) is 20.3. The molecule has 174 valence electrons. The predicted octanol–water partition coefficient (Wildman–Crippen LogP) is 9.32. The molecule has 0 aliphatic heterocycles. The Morgan fingerprint density at radius 1 is 0.600 bits per heavy atom. The van der Waals surface area contributed by atoms with Gasteiger partial charge in [0, 0.05) is 11.1 Å². The Balaban J connectivity index is 1.38. The third kappa shape index (κ3) is 6.34. The van der Waals surface area contributed by atoms with Crippen LogP contribution in [0.2, 0.25) is 0 Å². The number of carbonyl (C=O) groups is 1. The lowest BCUT2D eigenvalue weighted by atomic mass is 9.97. The number of ketones is 1. The second kappa shape index (κ2) is 12.0. The molecule has 0 saturated carbocycles. The van der Waals surface area contributed by atoms with Crippen LogP contribution >= 0.6 is 0 Å². The molecule has 0 heterocycles. The first-order valence-electron chi connectivity index (χ1n) is 12.5. The van der Waals surface area contributed by atoms with E-state index in [1.165, 1.54) is 37.7 Å². The molecule has 0 spiro atoms. The summed E-state index contributed by atoms with van der Waals surface area (Å²) in [7, 11) is 0. The van der Waals surface area contributed by atoms with Crippen molar-refractivity contribution in [3.05, 3.63) is 125 Å². The number of benzene rings is 4. The summed E-state index contributed by atoms with van der Waals surface area (Å²) < 4.78 is 0. The lowest BCUT2D eigenvalue weighted by Crippen LogP contribution is -2.01. The van der Waals surface area contributed by atoms with Crippen molar-refractivity contribution in [3.8, 4) is 22.3 Å². The Morgan fingerprint density at radius 2 is 1.03 bits per heavy atom. The van der Waals surface area contributed by atoms with Crippen molar-refractivity contribution in [1.82, 2.24) is 0 Å². The third-order valence-electron chi connectivity index (χ3n) is 6.48. The molecule has 0 atom stereocenters. The fourth-order valence-corrected chi connectivity index (χ4v) is 4.32. The molecule has 4 rings (SSSR count). The van der Waals surface area contributed by atoms with Gasteiger partial charge in [-0.1, -0.05) is 130 Å². The van der Waals surface area contributed by atoms with Crippen molar-refractivity contribution in [3.63, 3.8) is 0 Å². The summed E-state index contributed by atoms with van der Waals surface area (Å²) in [5.41, 5.74) is 7.78. The highest BCUT2D eigenvalue weighted by atomic mass is 16.1. The van der Waals surface area contributed by atoms with Gasteiger partial charge in [0.15, 0.2) is 11.5 Å². The molecule has 2 nitrogen and oxygen atoms in total. The minimum atomic E-state index is 0.0595. The Labute approximate surface area is 209 Å². The standard InChI is InChI=1S/C33H31NO/c1-3-4-5-6-7-8-25-9-11-30(12-10-25)33(35)31-19-17-28(18-20-31)26-13-15-27(16-14-26)29-21-23-32(34-2)24-22-29/h9-24H,3-8H2,1H3. The number of aryl methyl sites for hydroxylation is 1. The first kappa shape index (κ1) is 24.2. The molecule has 0 aromatic heterocycles. The molecule has 0 saturated heterocycles. The lowest BCUT2D eigenvalue weighted by Gasteiger charge is -2.07. The average molecular weight is 458 g/mol. The Morgan fingerprint density at radius 3 is 1.51 bits per heavy atom. The lowest BCUT2D eigenvalue weighted by molar-refractivity contribution is 0.103. The molecule has 0 aliphatic rings. The summed E-state index contributed by atoms with van der Waals surface area (Å²) in [5, 5.41) is 0. The van der Waals surface area contributed by atoms with Crippen molar-refractivity contribution in [2.24, 2.45) is 0 Å². The summed E-state index contributed by atoms with van der Waals surface area (Å²) in [6.45, 7) is 9.32. The molecule has 0 fully saturated rings. The molecule has 4 aromatic rings. The summed E-state index contributed by atoms with van der Waals surface area (Å²) >= 11 is 0. The largest absolute Gasteiger partial charge is 0.289 e. The van der Waals surface area contributed by atoms with E-state index in [1.54, 1.807) is 0 Å². The van der Waals surface area contributed by atoms with Gasteiger partial charge < -0.3 is 0 Å². The van der Waals surface area contributed by atoms with Crippen LogP contribution in [0.5, 0.6) is 0 Å². The van der Waals surface area contributed by atoms with Crippen LogP contribution in [0.1, 0.15) is 60.5 Å². The summed E-state index contributed by atoms with van der Waals surface area (Å²) in [6, 6.07) is 32.0. The number of rotatable bonds is 10. The second-order valence-corrected chi connectivity index (χ2v) is 9.00. The van der Waals surface area contributed by atoms with Gasteiger partial charge in [-0.05, 0) is 40.7 Å². The number of nitrogens with zero attached hydrogens (tertiary/aromatic N) is 1. The molecular weight excluding hydrogens is 426 g/mol. The highest BCUT2D eigenvalue weighted by molar-refractivity contribution is 6.09. The van der Waals surface area contributed by atoms with Crippen LogP contribution in [-0.2, 0) is 6.42 Å². The SMILES string of the molecule is [C-]#[N+]c1ccc(-c2ccc(-c3ccc(C(=O)c4ccc(CCCCCCC)cc4)cc3)cc2)cc1. The van der Waals surface area contributed by atoms with Crippen LogP contribution in [0.4, 0.5) is 5.69 Å². The number of unbranched alkanes of at least 4 members (excludes halogenated alkanes) is 4. The van der Waals surface area contributed by atoms with Crippen LogP contribution in [0.15, 0.2) is 97.1 Å². The second-order valence-electron chi connectivity index (χ2n) is 9.00. The molecule has 4 aromatic carbocycles. The van der Waals surface area contributed by atoms with E-state index in [2.05, 4.69) is 48.2 Å². The van der Waals surface area contributed by atoms with Gasteiger partial charge in [-0.2, -0.15) is 0 Å². The average Bonchev–Trinajstić information content (AvgIpc) is 2.93. The fourth-order valence-electron chi connectivity index (χ4n) is 4.32. The molecule has 0 radical (unpaired) electrons. The van der Waals surface area contributed by atoms with Crippen LogP contribution < -0.4 is 0 Å². The molecule has 35 heavy (non-hydrogen) atoms. The monoisotopic (exact) mass is 457 g/mol. The van der Waals surface area contributed by atoms with E-state index in [4.69, 9.17) is 6.57 Å². The van der Waals surface area contributed by atoms with Crippen LogP contribution in [-0.4, -0.2) is 5.78 Å². The predicted molar refractivity (Wildman–Crippen MR) is 146 cm³/mol. The summed E-state index contributed by atoms with van der Waals surface area (Å²) in [6.07, 6.45) is 7.47. The maximum absolute atomic E-state index is 13.0. The zero-order chi connectivity index (χ0) is 24.5. The van der Waals surface area contributed by atoms with Gasteiger partial charge in [-0.3, -0.25) is 4.79 Å². The van der Waals surface area contributed by atoms with Gasteiger partial charge in [0.05, 0.1) is 6.57 Å². The van der Waals surface area contributed by atoms with Gasteiger partial charge in [-0.25, -0.2) is 4.85 Å². The van der Waals surface area contributed by atoms with Crippen LogP contribution in [0.3, 0.4) is 0 Å². The minimum absolute atomic E-state index is 0.0595. The molecule has 0 amide bonds. The van der Waals surface area contributed by atoms with Gasteiger partial charge in [0.1, 0.15) is 0 Å². The van der Waals surface area contributed by atoms with Crippen molar-refractivity contribution in [1.29, 1.82) is 0 Å². The van der Waals surface area contributed by atoms with E-state index < -0.39 is 0 Å². The number of hydrogen-bond donors (Lipinski definition) is 0. The number of hydrogen-bond acceptors (Lipinski definition) is 1. The molecule has 0 aliphatic carbocycles. The highest BCUT2D eigenvalue weighted by Gasteiger charge is 2.10. The van der Waals surface area contributed by atoms with E-state index in [1.807, 2.05) is 60.7 Å². The first-order valence-corrected chi connectivity index (χ1v) is 12.5. The summed E-state index contributed by atoms with van der Waals surface area (Å²) in [5.74, 6) is 0.0595. The van der Waals surface area contributed by atoms with Gasteiger partial charge in [0.25, 0.3) is 0 Å². The van der Waals surface area contributed by atoms with Crippen molar-refractivity contribution < 1.29 is 4.79 Å². The molecule has 0 bridgehead atoms. The van der Waals surface area contributed by atoms with Crippen LogP contribution in [0.25, 0.3) is 27.1 Å². The van der Waals surface area contributed by atoms with E-state index in [-0.39, 0.29) is 5.78 Å². The fraction of sp³-hybridized carbons (Fsp3) is 0.212. The summed E-state index contributed by atoms with van der Waals surface area (Å²) in [4.78, 5) is 16.4. The number of carbonyl (C=O) groups excluding carboxylic acids is 1. The van der Waals surface area contributed by atoms with Crippen molar-refractivity contribution >= 4 is 11.5 Å². The Bertz CT molecular complexity index is 1280. The maximum Gasteiger partial charge on any atom is 0.193 e. The quantitative estimate of drug-likeness (QED) is 0.132. The molecular formula is C33H31NO. The highest BCUT2D eigenvalue weighted by Crippen LogP contribution is 2.27. The van der Waals surface area contributed by atoms with Crippen molar-refractivity contribution in [2.45, 2.75) is 45.4 Å². The molecule has 0 N–H and O–H groups in total. The zero-order valence-corrected chi connectivity index (χ0v) is 20.3. The van der Waals surface area contributed by atoms with Gasteiger partial charge in [0.2, 0.25) is 0 Å². The molecule has 0 unspecified atom stereocenters. The maximum atomic E-state index is 13.0. The van der Waals surface area contributed by atoms with Crippen molar-refractivity contribution in [2.75, 3.05) is 0 Å². The van der Waals surface area contributed by atoms with E-state index in [0.29, 0.717) is 11.3 Å². The minimum Gasteiger partial charge on any atom is -0.289 e. The molecule has 2 heteroatoms. The third-order valence-corrected chi connectivity index (χ3v) is 6.48. The van der Waals surface area contributed by atoms with E-state index >= 15 is 0 Å². The topological polar surface area (TPSA) is 21.4 Å².